The fourth-order valence-corrected chi connectivity index (χ4v) is 7.11. The summed E-state index contributed by atoms with van der Waals surface area (Å²) in [4.78, 5) is 26.0. The summed E-state index contributed by atoms with van der Waals surface area (Å²) in [6.45, 7) is 2.20. The Morgan fingerprint density at radius 1 is 1.19 bits per heavy atom. The Labute approximate surface area is 219 Å². The van der Waals surface area contributed by atoms with Gasteiger partial charge in [0.25, 0.3) is 5.91 Å². The molecule has 2 aliphatic carbocycles. The van der Waals surface area contributed by atoms with Gasteiger partial charge in [0.05, 0.1) is 17.4 Å². The number of rotatable bonds is 8. The number of fused-ring (bicyclic) bond motifs is 1. The van der Waals surface area contributed by atoms with Crippen molar-refractivity contribution in [2.45, 2.75) is 63.1 Å². The van der Waals surface area contributed by atoms with Gasteiger partial charge in [0.15, 0.2) is 11.0 Å². The van der Waals surface area contributed by atoms with Crippen LogP contribution in [0.15, 0.2) is 29.4 Å². The Bertz CT molecular complexity index is 1260. The second-order valence-electron chi connectivity index (χ2n) is 9.67. The van der Waals surface area contributed by atoms with Gasteiger partial charge in [-0.3, -0.25) is 9.59 Å². The van der Waals surface area contributed by atoms with E-state index in [0.717, 1.165) is 59.7 Å². The average Bonchev–Trinajstić information content (AvgIpc) is 3.57. The minimum absolute atomic E-state index is 0.150. The van der Waals surface area contributed by atoms with Crippen LogP contribution in [0, 0.1) is 5.92 Å². The number of carbonyl (C=O) groups is 2. The van der Waals surface area contributed by atoms with Gasteiger partial charge < -0.3 is 20.4 Å². The molecule has 1 fully saturated rings. The third kappa shape index (κ3) is 5.29. The first kappa shape index (κ1) is 24.8. The average molecular weight is 526 g/mol. The highest BCUT2D eigenvalue weighted by Crippen LogP contribution is 2.39. The standard InChI is InChI=1S/C26H31N5O3S2/c1-15-7-12-19-20(13-15)36-25(22(19)23(27)33)28-21(32)14-35-26-30-29-24(31(26)2)16-8-10-18(11-9-16)34-17-5-3-4-6-17/h8-11,15,17H,3-7,12-14H2,1-2H3,(H2,27,33)(H,28,32). The maximum absolute atomic E-state index is 12.8. The summed E-state index contributed by atoms with van der Waals surface area (Å²) in [6, 6.07) is 7.92. The molecule has 1 unspecified atom stereocenters. The van der Waals surface area contributed by atoms with Crippen LogP contribution in [0.3, 0.4) is 0 Å². The van der Waals surface area contributed by atoms with Crippen LogP contribution in [0.1, 0.15) is 59.8 Å². The Hall–Kier alpha value is -2.85. The number of primary amides is 1. The zero-order valence-electron chi connectivity index (χ0n) is 20.6. The van der Waals surface area contributed by atoms with Gasteiger partial charge >= 0.3 is 0 Å². The number of aromatic nitrogens is 3. The van der Waals surface area contributed by atoms with E-state index in [9.17, 15) is 9.59 Å². The van der Waals surface area contributed by atoms with Crippen LogP contribution in [0.5, 0.6) is 5.75 Å². The number of hydrogen-bond acceptors (Lipinski definition) is 7. The maximum atomic E-state index is 12.8. The molecule has 0 radical (unpaired) electrons. The van der Waals surface area contributed by atoms with E-state index in [0.29, 0.717) is 27.7 Å². The van der Waals surface area contributed by atoms with Crippen molar-refractivity contribution in [3.05, 3.63) is 40.3 Å². The van der Waals surface area contributed by atoms with Gasteiger partial charge in [-0.15, -0.1) is 21.5 Å². The summed E-state index contributed by atoms with van der Waals surface area (Å²) < 4.78 is 7.93. The van der Waals surface area contributed by atoms with E-state index in [4.69, 9.17) is 10.5 Å². The maximum Gasteiger partial charge on any atom is 0.251 e. The minimum atomic E-state index is -0.484. The van der Waals surface area contributed by atoms with Crippen molar-refractivity contribution >= 4 is 39.9 Å². The lowest BCUT2D eigenvalue weighted by atomic mass is 9.88. The van der Waals surface area contributed by atoms with Crippen molar-refractivity contribution < 1.29 is 14.3 Å². The van der Waals surface area contributed by atoms with Gasteiger partial charge in [0.1, 0.15) is 10.8 Å². The summed E-state index contributed by atoms with van der Waals surface area (Å²) in [7, 11) is 1.89. The molecular formula is C26H31N5O3S2. The highest BCUT2D eigenvalue weighted by molar-refractivity contribution is 7.99. The first-order valence-electron chi connectivity index (χ1n) is 12.4. The molecule has 2 amide bonds. The molecule has 10 heteroatoms. The third-order valence-electron chi connectivity index (χ3n) is 6.90. The number of thiophene rings is 1. The molecular weight excluding hydrogens is 494 g/mol. The second kappa shape index (κ2) is 10.6. The predicted molar refractivity (Wildman–Crippen MR) is 143 cm³/mol. The van der Waals surface area contributed by atoms with Crippen LogP contribution in [0.25, 0.3) is 11.4 Å². The molecule has 3 aromatic rings. The molecule has 0 bridgehead atoms. The van der Waals surface area contributed by atoms with E-state index < -0.39 is 5.91 Å². The third-order valence-corrected chi connectivity index (χ3v) is 9.09. The number of hydrogen-bond donors (Lipinski definition) is 2. The number of amides is 2. The molecule has 8 nitrogen and oxygen atoms in total. The van der Waals surface area contributed by atoms with Crippen LogP contribution in [0.2, 0.25) is 0 Å². The predicted octanol–water partition coefficient (Wildman–Crippen LogP) is 4.82. The molecule has 2 aromatic heterocycles. The van der Waals surface area contributed by atoms with Gasteiger partial charge in [-0.25, -0.2) is 0 Å². The Balaban J connectivity index is 1.21. The van der Waals surface area contributed by atoms with Crippen molar-refractivity contribution in [2.24, 2.45) is 18.7 Å². The summed E-state index contributed by atoms with van der Waals surface area (Å²) in [5.74, 6) is 1.63. The van der Waals surface area contributed by atoms with E-state index >= 15 is 0 Å². The van der Waals surface area contributed by atoms with Crippen molar-refractivity contribution in [1.29, 1.82) is 0 Å². The highest BCUT2D eigenvalue weighted by Gasteiger charge is 2.27. The summed E-state index contributed by atoms with van der Waals surface area (Å²) in [5, 5.41) is 12.7. The molecule has 0 aliphatic heterocycles. The van der Waals surface area contributed by atoms with Crippen molar-refractivity contribution in [2.75, 3.05) is 11.1 Å². The van der Waals surface area contributed by atoms with Crippen LogP contribution in [-0.4, -0.2) is 38.4 Å². The molecule has 2 heterocycles. The number of thioether (sulfide) groups is 1. The van der Waals surface area contributed by atoms with Crippen LogP contribution < -0.4 is 15.8 Å². The number of nitrogens with one attached hydrogen (secondary N) is 1. The lowest BCUT2D eigenvalue weighted by molar-refractivity contribution is -0.113. The first-order chi connectivity index (χ1) is 17.4. The number of anilines is 1. The number of benzene rings is 1. The Morgan fingerprint density at radius 3 is 2.67 bits per heavy atom. The summed E-state index contributed by atoms with van der Waals surface area (Å²) >= 11 is 2.78. The molecule has 2 aliphatic rings. The van der Waals surface area contributed by atoms with Crippen molar-refractivity contribution in [1.82, 2.24) is 14.8 Å². The van der Waals surface area contributed by atoms with E-state index in [1.165, 1.54) is 35.9 Å². The lowest BCUT2D eigenvalue weighted by Crippen LogP contribution is -2.20. The zero-order valence-corrected chi connectivity index (χ0v) is 22.2. The highest BCUT2D eigenvalue weighted by atomic mass is 32.2. The summed E-state index contributed by atoms with van der Waals surface area (Å²) in [5.41, 5.74) is 8.08. The van der Waals surface area contributed by atoms with Crippen molar-refractivity contribution in [3.63, 3.8) is 0 Å². The quantitative estimate of drug-likeness (QED) is 0.408. The van der Waals surface area contributed by atoms with E-state index in [-0.39, 0.29) is 11.7 Å². The molecule has 190 valence electrons. The number of ether oxygens (including phenoxy) is 1. The number of nitrogens with two attached hydrogens (primary N) is 1. The zero-order chi connectivity index (χ0) is 25.2. The van der Waals surface area contributed by atoms with Gasteiger partial charge in [-0.2, -0.15) is 0 Å². The van der Waals surface area contributed by atoms with Gasteiger partial charge in [-0.05, 0) is 80.7 Å². The molecule has 0 spiro atoms. The Kier molecular flexibility index (Phi) is 7.34. The van der Waals surface area contributed by atoms with E-state index in [1.54, 1.807) is 0 Å². The molecule has 5 rings (SSSR count). The fourth-order valence-electron chi connectivity index (χ4n) is 4.97. The lowest BCUT2D eigenvalue weighted by Gasteiger charge is -2.18. The van der Waals surface area contributed by atoms with Gasteiger partial charge in [0.2, 0.25) is 5.91 Å². The molecule has 3 N–H and O–H groups in total. The first-order valence-corrected chi connectivity index (χ1v) is 14.2. The van der Waals surface area contributed by atoms with Gasteiger partial charge in [0, 0.05) is 17.5 Å². The Morgan fingerprint density at radius 2 is 1.94 bits per heavy atom. The molecule has 0 saturated heterocycles. The minimum Gasteiger partial charge on any atom is -0.490 e. The van der Waals surface area contributed by atoms with Crippen LogP contribution in [-0.2, 0) is 24.7 Å². The molecule has 1 atom stereocenters. The van der Waals surface area contributed by atoms with E-state index in [2.05, 4.69) is 22.4 Å². The normalized spacial score (nSPS) is 17.7. The largest absolute Gasteiger partial charge is 0.490 e. The molecule has 36 heavy (non-hydrogen) atoms. The molecule has 1 aromatic carbocycles. The van der Waals surface area contributed by atoms with Crippen molar-refractivity contribution in [3.8, 4) is 17.1 Å². The molecule has 1 saturated carbocycles. The summed E-state index contributed by atoms with van der Waals surface area (Å²) in [6.07, 6.45) is 7.81. The smallest absolute Gasteiger partial charge is 0.251 e. The fraction of sp³-hybridized carbons (Fsp3) is 0.462. The van der Waals surface area contributed by atoms with Crippen LogP contribution in [0.4, 0.5) is 5.00 Å². The second-order valence-corrected chi connectivity index (χ2v) is 11.7. The van der Waals surface area contributed by atoms with E-state index in [1.807, 2.05) is 35.9 Å². The monoisotopic (exact) mass is 525 g/mol. The van der Waals surface area contributed by atoms with Gasteiger partial charge in [-0.1, -0.05) is 18.7 Å². The number of carbonyl (C=O) groups excluding carboxylic acids is 2. The SMILES string of the molecule is CC1CCc2c(sc(NC(=O)CSc3nnc(-c4ccc(OC5CCCC5)cc4)n3C)c2C(N)=O)C1. The number of nitrogens with zero attached hydrogens (tertiary/aromatic N) is 3. The van der Waals surface area contributed by atoms with Crippen LogP contribution >= 0.6 is 23.1 Å². The topological polar surface area (TPSA) is 112 Å².